The minimum Gasteiger partial charge on any atom is -0.385 e. The lowest BCUT2D eigenvalue weighted by Crippen LogP contribution is -2.42. The first-order valence-electron chi connectivity index (χ1n) is 5.33. The highest BCUT2D eigenvalue weighted by Crippen LogP contribution is 2.28. The molecule has 1 atom stereocenters. The number of hydrogen-bond acceptors (Lipinski definition) is 5. The van der Waals surface area contributed by atoms with Gasteiger partial charge in [0.15, 0.2) is 5.54 Å². The quantitative estimate of drug-likeness (QED) is 0.772. The molecule has 6 nitrogen and oxygen atoms in total. The van der Waals surface area contributed by atoms with Gasteiger partial charge in [-0.3, -0.25) is 9.79 Å². The number of ether oxygens (including phenoxy) is 1. The van der Waals surface area contributed by atoms with Crippen LogP contribution >= 0.6 is 0 Å². The van der Waals surface area contributed by atoms with Gasteiger partial charge in [-0.1, -0.05) is 6.07 Å². The Bertz CT molecular complexity index is 506. The van der Waals surface area contributed by atoms with Gasteiger partial charge in [-0.15, -0.1) is 0 Å². The molecule has 1 aliphatic heterocycles. The maximum atomic E-state index is 13.3. The first kappa shape index (κ1) is 12.4. The minimum absolute atomic E-state index is 0.0272. The minimum atomic E-state index is -1.28. The molecule has 1 amide bonds. The van der Waals surface area contributed by atoms with Crippen LogP contribution in [0.15, 0.2) is 23.2 Å². The molecule has 0 saturated carbocycles. The third-order valence-electron chi connectivity index (χ3n) is 2.65. The Morgan fingerprint density at radius 3 is 2.94 bits per heavy atom. The van der Waals surface area contributed by atoms with Crippen LogP contribution in [0.25, 0.3) is 0 Å². The number of alkyl halides is 1. The lowest BCUT2D eigenvalue weighted by Gasteiger charge is -2.30. The second-order valence-electron chi connectivity index (χ2n) is 4.03. The molecule has 4 N–H and O–H groups in total. The van der Waals surface area contributed by atoms with Crippen LogP contribution in [0, 0.1) is 0 Å². The third kappa shape index (κ3) is 2.17. The number of pyridine rings is 1. The summed E-state index contributed by atoms with van der Waals surface area (Å²) in [4.78, 5) is 19.2. The number of nitrogens with zero attached hydrogens (tertiary/aromatic N) is 2. The summed E-state index contributed by atoms with van der Waals surface area (Å²) in [7, 11) is 0. The summed E-state index contributed by atoms with van der Waals surface area (Å²) in [6.07, 6.45) is 0. The van der Waals surface area contributed by atoms with Crippen LogP contribution in [-0.2, 0) is 10.3 Å². The van der Waals surface area contributed by atoms with Crippen molar-refractivity contribution in [2.75, 3.05) is 19.9 Å². The van der Waals surface area contributed by atoms with E-state index in [2.05, 4.69) is 9.98 Å². The summed E-state index contributed by atoms with van der Waals surface area (Å²) in [5.41, 5.74) is 9.75. The van der Waals surface area contributed by atoms with Crippen molar-refractivity contribution in [2.24, 2.45) is 16.5 Å². The van der Waals surface area contributed by atoms with E-state index in [0.29, 0.717) is 0 Å². The van der Waals surface area contributed by atoms with Gasteiger partial charge in [0.25, 0.3) is 5.91 Å². The van der Waals surface area contributed by atoms with Gasteiger partial charge in [0.1, 0.15) is 24.8 Å². The van der Waals surface area contributed by atoms with E-state index in [4.69, 9.17) is 16.2 Å². The number of amidine groups is 1. The fourth-order valence-corrected chi connectivity index (χ4v) is 1.76. The van der Waals surface area contributed by atoms with Crippen LogP contribution in [0.1, 0.15) is 16.2 Å². The summed E-state index contributed by atoms with van der Waals surface area (Å²) < 4.78 is 18.5. The Morgan fingerprint density at radius 2 is 2.33 bits per heavy atom. The molecule has 18 heavy (non-hydrogen) atoms. The van der Waals surface area contributed by atoms with Gasteiger partial charge >= 0.3 is 0 Å². The van der Waals surface area contributed by atoms with Gasteiger partial charge in [0.05, 0.1) is 12.3 Å². The van der Waals surface area contributed by atoms with Crippen LogP contribution < -0.4 is 11.5 Å². The molecule has 96 valence electrons. The van der Waals surface area contributed by atoms with Crippen molar-refractivity contribution >= 4 is 11.7 Å². The van der Waals surface area contributed by atoms with E-state index < -0.39 is 18.1 Å². The van der Waals surface area contributed by atoms with Crippen LogP contribution in [0.3, 0.4) is 0 Å². The van der Waals surface area contributed by atoms with E-state index >= 15 is 0 Å². The molecular formula is C11H13FN4O2. The van der Waals surface area contributed by atoms with Crippen molar-refractivity contribution in [1.29, 1.82) is 0 Å². The van der Waals surface area contributed by atoms with E-state index in [1.54, 1.807) is 12.1 Å². The molecule has 1 unspecified atom stereocenters. The molecule has 1 aromatic heterocycles. The van der Waals surface area contributed by atoms with Crippen molar-refractivity contribution in [3.05, 3.63) is 29.6 Å². The van der Waals surface area contributed by atoms with E-state index in [-0.39, 0.29) is 30.4 Å². The summed E-state index contributed by atoms with van der Waals surface area (Å²) >= 11 is 0. The zero-order chi connectivity index (χ0) is 13.2. The maximum Gasteiger partial charge on any atom is 0.267 e. The molecule has 1 aliphatic rings. The number of carbonyl (C=O) groups is 1. The summed E-state index contributed by atoms with van der Waals surface area (Å²) in [5.74, 6) is -0.482. The molecule has 0 saturated heterocycles. The lowest BCUT2D eigenvalue weighted by molar-refractivity contribution is 0.0802. The smallest absolute Gasteiger partial charge is 0.267 e. The Kier molecular flexibility index (Phi) is 3.24. The van der Waals surface area contributed by atoms with Gasteiger partial charge < -0.3 is 16.2 Å². The number of primary amides is 1. The van der Waals surface area contributed by atoms with Gasteiger partial charge in [-0.25, -0.2) is 9.37 Å². The summed E-state index contributed by atoms with van der Waals surface area (Å²) in [6.45, 7) is -0.625. The molecular weight excluding hydrogens is 239 g/mol. The molecule has 0 aliphatic carbocycles. The Balaban J connectivity index is 2.47. The molecule has 7 heteroatoms. The molecule has 0 radical (unpaired) electrons. The second kappa shape index (κ2) is 4.69. The summed E-state index contributed by atoms with van der Waals surface area (Å²) in [5, 5.41) is 0. The normalized spacial score (nSPS) is 23.5. The number of hydrogen-bond donors (Lipinski definition) is 2. The number of aliphatic imine (C=N–C) groups is 1. The molecule has 1 aromatic rings. The monoisotopic (exact) mass is 252 g/mol. The summed E-state index contributed by atoms with van der Waals surface area (Å²) in [6, 6.07) is 4.59. The predicted molar refractivity (Wildman–Crippen MR) is 62.8 cm³/mol. The Labute approximate surface area is 103 Å². The van der Waals surface area contributed by atoms with Gasteiger partial charge in [-0.2, -0.15) is 0 Å². The first-order valence-corrected chi connectivity index (χ1v) is 5.33. The molecule has 2 heterocycles. The molecule has 0 fully saturated rings. The highest BCUT2D eigenvalue weighted by Gasteiger charge is 2.37. The average molecular weight is 252 g/mol. The fraction of sp³-hybridized carbons (Fsp3) is 0.364. The van der Waals surface area contributed by atoms with Gasteiger partial charge in [0, 0.05) is 0 Å². The first-order chi connectivity index (χ1) is 8.57. The third-order valence-corrected chi connectivity index (χ3v) is 2.65. The van der Waals surface area contributed by atoms with Crippen LogP contribution in [0.2, 0.25) is 0 Å². The van der Waals surface area contributed by atoms with E-state index in [9.17, 15) is 9.18 Å². The van der Waals surface area contributed by atoms with Crippen LogP contribution in [-0.4, -0.2) is 36.6 Å². The number of carbonyl (C=O) groups excluding carboxylic acids is 1. The van der Waals surface area contributed by atoms with E-state index in [0.717, 1.165) is 0 Å². The molecule has 0 aromatic carbocycles. The largest absolute Gasteiger partial charge is 0.385 e. The van der Waals surface area contributed by atoms with Crippen LogP contribution in [0.5, 0.6) is 0 Å². The van der Waals surface area contributed by atoms with Gasteiger partial charge in [-0.05, 0) is 12.1 Å². The number of rotatable bonds is 3. The second-order valence-corrected chi connectivity index (χ2v) is 4.03. The van der Waals surface area contributed by atoms with Crippen molar-refractivity contribution in [3.63, 3.8) is 0 Å². The van der Waals surface area contributed by atoms with Gasteiger partial charge in [0.2, 0.25) is 0 Å². The molecule has 2 rings (SSSR count). The van der Waals surface area contributed by atoms with E-state index in [1.165, 1.54) is 6.07 Å². The maximum absolute atomic E-state index is 13.3. The fourth-order valence-electron chi connectivity index (χ4n) is 1.76. The number of aromatic nitrogens is 1. The van der Waals surface area contributed by atoms with E-state index in [1.807, 2.05) is 0 Å². The number of halogens is 1. The van der Waals surface area contributed by atoms with Crippen molar-refractivity contribution in [1.82, 2.24) is 4.98 Å². The highest BCUT2D eigenvalue weighted by molar-refractivity contribution is 5.90. The average Bonchev–Trinajstić information content (AvgIpc) is 2.38. The SMILES string of the molecule is NC(=O)c1cccc(C2(CF)COCC(N)=N2)n1. The predicted octanol–water partition coefficient (Wildman–Crippen LogP) is -0.267. The highest BCUT2D eigenvalue weighted by atomic mass is 19.1. The zero-order valence-electron chi connectivity index (χ0n) is 9.60. The van der Waals surface area contributed by atoms with Crippen molar-refractivity contribution < 1.29 is 13.9 Å². The molecule has 0 bridgehead atoms. The van der Waals surface area contributed by atoms with Crippen LogP contribution in [0.4, 0.5) is 4.39 Å². The Hall–Kier alpha value is -2.02. The molecule has 0 spiro atoms. The Morgan fingerprint density at radius 1 is 1.56 bits per heavy atom. The lowest BCUT2D eigenvalue weighted by atomic mass is 9.96. The number of amides is 1. The standard InChI is InChI=1S/C11H13FN4O2/c12-5-11(6-18-4-9(13)16-11)8-3-1-2-7(15-8)10(14)17/h1-3H,4-6H2,(H2,13,16)(H2,14,17). The topological polar surface area (TPSA) is 104 Å². The van der Waals surface area contributed by atoms with Crippen molar-refractivity contribution in [2.45, 2.75) is 5.54 Å². The zero-order valence-corrected chi connectivity index (χ0v) is 9.60. The van der Waals surface area contributed by atoms with Crippen molar-refractivity contribution in [3.8, 4) is 0 Å². The number of nitrogens with two attached hydrogens (primary N) is 2.